The lowest BCUT2D eigenvalue weighted by molar-refractivity contribution is 0.795. The van der Waals surface area contributed by atoms with E-state index in [0.717, 1.165) is 11.0 Å². The third-order valence-electron chi connectivity index (χ3n) is 2.18. The summed E-state index contributed by atoms with van der Waals surface area (Å²) < 4.78 is 3.30. The van der Waals surface area contributed by atoms with E-state index < -0.39 is 0 Å². The zero-order chi connectivity index (χ0) is 12.7. The number of nitrogens with zero attached hydrogens (tertiary/aromatic N) is 2. The summed E-state index contributed by atoms with van der Waals surface area (Å²) in [6.07, 6.45) is 0. The van der Waals surface area contributed by atoms with E-state index in [1.165, 1.54) is 0 Å². The fraction of sp³-hybridized carbons (Fsp3) is 0.462. The van der Waals surface area contributed by atoms with Crippen LogP contribution in [0.5, 0.6) is 0 Å². The normalized spacial score (nSPS) is 8.88. The molecule has 0 aliphatic carbocycles. The fourth-order valence-electron chi connectivity index (χ4n) is 1.46. The maximum absolute atomic E-state index is 11.4. The lowest BCUT2D eigenvalue weighted by atomic mass is 10.3. The van der Waals surface area contributed by atoms with Gasteiger partial charge < -0.3 is 0 Å². The minimum atomic E-state index is 0.0243. The number of para-hydroxylation sites is 2. The number of hydrogen-bond acceptors (Lipinski definition) is 1. The fourth-order valence-corrected chi connectivity index (χ4v) is 1.46. The highest BCUT2D eigenvalue weighted by molar-refractivity contribution is 5.75. The van der Waals surface area contributed by atoms with E-state index in [1.54, 1.807) is 23.2 Å². The highest BCUT2D eigenvalue weighted by atomic mass is 16.1. The van der Waals surface area contributed by atoms with Gasteiger partial charge in [0.25, 0.3) is 0 Å². The van der Waals surface area contributed by atoms with Crippen molar-refractivity contribution in [1.82, 2.24) is 9.13 Å². The van der Waals surface area contributed by atoms with Crippen LogP contribution in [-0.4, -0.2) is 9.13 Å². The summed E-state index contributed by atoms with van der Waals surface area (Å²) in [7, 11) is 3.56. The Hall–Kier alpha value is -1.51. The second-order valence-electron chi connectivity index (χ2n) is 2.89. The van der Waals surface area contributed by atoms with E-state index in [2.05, 4.69) is 0 Å². The molecule has 1 heterocycles. The van der Waals surface area contributed by atoms with Crippen LogP contribution in [0, 0.1) is 0 Å². The largest absolute Gasteiger partial charge is 0.328 e. The number of hydrogen-bond donors (Lipinski definition) is 0. The molecule has 0 unspecified atom stereocenters. The monoisotopic (exact) mass is 222 g/mol. The molecule has 0 atom stereocenters. The summed E-state index contributed by atoms with van der Waals surface area (Å²) in [5, 5.41) is 0. The highest BCUT2D eigenvalue weighted by Gasteiger charge is 2.04. The smallest absolute Gasteiger partial charge is 0.295 e. The Morgan fingerprint density at radius 2 is 1.12 bits per heavy atom. The van der Waals surface area contributed by atoms with Gasteiger partial charge in [-0.05, 0) is 12.1 Å². The molecule has 0 N–H and O–H groups in total. The molecule has 0 amide bonds. The highest BCUT2D eigenvalue weighted by Crippen LogP contribution is 2.09. The third kappa shape index (κ3) is 2.54. The Balaban J connectivity index is 0.000000509. The summed E-state index contributed by atoms with van der Waals surface area (Å²) in [6, 6.07) is 7.75. The van der Waals surface area contributed by atoms with Crippen LogP contribution in [0.4, 0.5) is 0 Å². The molecule has 0 aliphatic rings. The Morgan fingerprint density at radius 1 is 0.812 bits per heavy atom. The quantitative estimate of drug-likeness (QED) is 0.673. The van der Waals surface area contributed by atoms with Gasteiger partial charge in [-0.25, -0.2) is 4.79 Å². The third-order valence-corrected chi connectivity index (χ3v) is 2.18. The number of fused-ring (bicyclic) bond motifs is 1. The molecule has 3 heteroatoms. The Kier molecular flexibility index (Phi) is 6.23. The molecule has 0 aliphatic heterocycles. The van der Waals surface area contributed by atoms with Crippen LogP contribution in [0.3, 0.4) is 0 Å². The molecular formula is C13H22N2O. The van der Waals surface area contributed by atoms with E-state index >= 15 is 0 Å². The number of aryl methyl sites for hydroxylation is 2. The van der Waals surface area contributed by atoms with Gasteiger partial charge in [0.15, 0.2) is 0 Å². The molecule has 0 radical (unpaired) electrons. The molecule has 3 nitrogen and oxygen atoms in total. The second kappa shape index (κ2) is 6.88. The number of benzene rings is 1. The van der Waals surface area contributed by atoms with Gasteiger partial charge in [-0.2, -0.15) is 0 Å². The summed E-state index contributed by atoms with van der Waals surface area (Å²) in [5.41, 5.74) is 1.98. The topological polar surface area (TPSA) is 26.9 Å². The van der Waals surface area contributed by atoms with Gasteiger partial charge in [-0.15, -0.1) is 0 Å². The maximum atomic E-state index is 11.4. The molecule has 0 saturated heterocycles. The van der Waals surface area contributed by atoms with Crippen LogP contribution in [0.15, 0.2) is 29.1 Å². The van der Waals surface area contributed by atoms with Crippen LogP contribution >= 0.6 is 0 Å². The van der Waals surface area contributed by atoms with Crippen molar-refractivity contribution in [3.05, 3.63) is 34.7 Å². The minimum absolute atomic E-state index is 0.0243. The van der Waals surface area contributed by atoms with Crippen LogP contribution in [0.2, 0.25) is 0 Å². The van der Waals surface area contributed by atoms with Crippen molar-refractivity contribution in [2.75, 3.05) is 0 Å². The summed E-state index contributed by atoms with van der Waals surface area (Å²) >= 11 is 0. The molecule has 2 rings (SSSR count). The van der Waals surface area contributed by atoms with Gasteiger partial charge in [0.1, 0.15) is 0 Å². The van der Waals surface area contributed by atoms with Crippen molar-refractivity contribution in [1.29, 1.82) is 0 Å². The van der Waals surface area contributed by atoms with Gasteiger partial charge in [0, 0.05) is 14.1 Å². The molecular weight excluding hydrogens is 200 g/mol. The summed E-state index contributed by atoms with van der Waals surface area (Å²) in [6.45, 7) is 8.00. The van der Waals surface area contributed by atoms with E-state index in [1.807, 2.05) is 52.0 Å². The van der Waals surface area contributed by atoms with Crippen LogP contribution in [-0.2, 0) is 14.1 Å². The van der Waals surface area contributed by atoms with Gasteiger partial charge in [-0.1, -0.05) is 39.8 Å². The Labute approximate surface area is 97.3 Å². The van der Waals surface area contributed by atoms with Crippen molar-refractivity contribution in [3.8, 4) is 0 Å². The zero-order valence-corrected chi connectivity index (χ0v) is 11.1. The number of rotatable bonds is 0. The molecule has 90 valence electrons. The first kappa shape index (κ1) is 14.5. The van der Waals surface area contributed by atoms with Crippen molar-refractivity contribution in [2.45, 2.75) is 27.7 Å². The first-order valence-corrected chi connectivity index (χ1v) is 5.82. The second-order valence-corrected chi connectivity index (χ2v) is 2.89. The van der Waals surface area contributed by atoms with Crippen LogP contribution in [0.25, 0.3) is 11.0 Å². The van der Waals surface area contributed by atoms with Crippen LogP contribution < -0.4 is 5.69 Å². The molecule has 0 saturated carbocycles. The SMILES string of the molecule is CC.CC.Cn1c(=O)n(C)c2ccccc21. The van der Waals surface area contributed by atoms with Gasteiger partial charge in [-0.3, -0.25) is 9.13 Å². The maximum Gasteiger partial charge on any atom is 0.328 e. The molecule has 0 spiro atoms. The molecule has 0 bridgehead atoms. The minimum Gasteiger partial charge on any atom is -0.295 e. The Bertz CT molecular complexity index is 438. The number of imidazole rings is 1. The predicted molar refractivity (Wildman–Crippen MR) is 70.9 cm³/mol. The van der Waals surface area contributed by atoms with Gasteiger partial charge >= 0.3 is 5.69 Å². The van der Waals surface area contributed by atoms with E-state index in [9.17, 15) is 4.79 Å². The zero-order valence-electron chi connectivity index (χ0n) is 11.1. The first-order valence-electron chi connectivity index (χ1n) is 5.82. The molecule has 1 aromatic heterocycles. The van der Waals surface area contributed by atoms with E-state index in [4.69, 9.17) is 0 Å². The summed E-state index contributed by atoms with van der Waals surface area (Å²) in [5.74, 6) is 0. The predicted octanol–water partition coefficient (Wildman–Crippen LogP) is 2.93. The standard InChI is InChI=1S/C9H10N2O.2C2H6/c1-10-7-5-3-4-6-8(7)11(2)9(10)12;2*1-2/h3-6H,1-2H3;2*1-2H3. The van der Waals surface area contributed by atoms with Crippen molar-refractivity contribution < 1.29 is 0 Å². The lowest BCUT2D eigenvalue weighted by Crippen LogP contribution is -2.19. The van der Waals surface area contributed by atoms with Gasteiger partial charge in [0.2, 0.25) is 0 Å². The first-order chi connectivity index (χ1) is 7.72. The Morgan fingerprint density at radius 3 is 1.44 bits per heavy atom. The molecule has 2 aromatic rings. The van der Waals surface area contributed by atoms with Gasteiger partial charge in [0.05, 0.1) is 11.0 Å². The molecule has 0 fully saturated rings. The average molecular weight is 222 g/mol. The average Bonchev–Trinajstić information content (AvgIpc) is 2.60. The van der Waals surface area contributed by atoms with Crippen LogP contribution in [0.1, 0.15) is 27.7 Å². The van der Waals surface area contributed by atoms with Crippen molar-refractivity contribution in [3.63, 3.8) is 0 Å². The molecule has 16 heavy (non-hydrogen) atoms. The molecule has 1 aromatic carbocycles. The summed E-state index contributed by atoms with van der Waals surface area (Å²) in [4.78, 5) is 11.4. The van der Waals surface area contributed by atoms with E-state index in [0.29, 0.717) is 0 Å². The lowest BCUT2D eigenvalue weighted by Gasteiger charge is -1.90. The van der Waals surface area contributed by atoms with Crippen molar-refractivity contribution >= 4 is 11.0 Å². The van der Waals surface area contributed by atoms with E-state index in [-0.39, 0.29) is 5.69 Å². The number of aromatic nitrogens is 2. The van der Waals surface area contributed by atoms with Crippen molar-refractivity contribution in [2.24, 2.45) is 14.1 Å².